The van der Waals surface area contributed by atoms with Gasteiger partial charge in [0.2, 0.25) is 23.6 Å². The molecule has 236 valence electrons. The molecular weight excluding hydrogens is 612 g/mol. The maximum Gasteiger partial charge on any atom is 0.266 e. The summed E-state index contributed by atoms with van der Waals surface area (Å²) in [7, 11) is 1.52. The van der Waals surface area contributed by atoms with Gasteiger partial charge in [-0.2, -0.15) is 0 Å². The smallest absolute Gasteiger partial charge is 0.266 e. The van der Waals surface area contributed by atoms with Crippen LogP contribution in [0.1, 0.15) is 56.8 Å². The highest BCUT2D eigenvalue weighted by Crippen LogP contribution is 2.34. The summed E-state index contributed by atoms with van der Waals surface area (Å²) in [5, 5.41) is 8.26. The summed E-state index contributed by atoms with van der Waals surface area (Å²) in [4.78, 5) is 72.1. The Labute approximate surface area is 268 Å². The van der Waals surface area contributed by atoms with E-state index in [0.717, 1.165) is 29.7 Å². The Kier molecular flexibility index (Phi) is 9.04. The van der Waals surface area contributed by atoms with Gasteiger partial charge in [0, 0.05) is 48.8 Å². The summed E-state index contributed by atoms with van der Waals surface area (Å²) in [6.07, 6.45) is 3.82. The molecule has 5 amide bonds. The van der Waals surface area contributed by atoms with Crippen LogP contribution in [-0.2, 0) is 25.7 Å². The first-order valence-corrected chi connectivity index (χ1v) is 15.6. The van der Waals surface area contributed by atoms with Crippen molar-refractivity contribution in [1.29, 1.82) is 0 Å². The van der Waals surface area contributed by atoms with E-state index in [0.29, 0.717) is 38.8 Å². The number of carbonyl (C=O) groups is 5. The van der Waals surface area contributed by atoms with Gasteiger partial charge in [0.25, 0.3) is 11.8 Å². The van der Waals surface area contributed by atoms with E-state index in [1.807, 2.05) is 6.07 Å². The first-order chi connectivity index (χ1) is 22.3. The second-order valence-electron chi connectivity index (χ2n) is 10.9. The number of hydrogen-bond acceptors (Lipinski definition) is 10. The Morgan fingerprint density at radius 3 is 2.78 bits per heavy atom. The monoisotopic (exact) mass is 642 g/mol. The molecule has 2 fully saturated rings. The van der Waals surface area contributed by atoms with E-state index in [4.69, 9.17) is 9.47 Å². The van der Waals surface area contributed by atoms with E-state index in [-0.39, 0.29) is 68.2 Å². The minimum Gasteiger partial charge on any atom is -0.474 e. The summed E-state index contributed by atoms with van der Waals surface area (Å²) in [5.74, 6) is 5.19. The predicted octanol–water partition coefficient (Wildman–Crippen LogP) is 2.12. The molecule has 1 atom stereocenters. The van der Waals surface area contributed by atoms with Crippen molar-refractivity contribution in [2.45, 2.75) is 38.3 Å². The molecule has 0 spiro atoms. The van der Waals surface area contributed by atoms with Crippen molar-refractivity contribution < 1.29 is 33.4 Å². The topological polar surface area (TPSA) is 169 Å². The average molecular weight is 643 g/mol. The number of anilines is 1. The second kappa shape index (κ2) is 13.5. The van der Waals surface area contributed by atoms with Crippen LogP contribution in [0.15, 0.2) is 36.5 Å². The number of hydrogen-bond donors (Lipinski definition) is 3. The third-order valence-electron chi connectivity index (χ3n) is 7.68. The molecule has 14 heteroatoms. The quantitative estimate of drug-likeness (QED) is 0.170. The maximum absolute atomic E-state index is 13.0. The Bertz CT molecular complexity index is 1790. The Morgan fingerprint density at radius 2 is 2.00 bits per heavy atom. The van der Waals surface area contributed by atoms with E-state index < -0.39 is 11.9 Å². The van der Waals surface area contributed by atoms with Crippen LogP contribution in [0.25, 0.3) is 10.6 Å². The molecule has 6 rings (SSSR count). The number of rotatable bonds is 10. The van der Waals surface area contributed by atoms with Crippen LogP contribution in [0.5, 0.6) is 5.88 Å². The second-order valence-corrected chi connectivity index (χ2v) is 11.9. The van der Waals surface area contributed by atoms with Gasteiger partial charge in [-0.25, -0.2) is 9.97 Å². The van der Waals surface area contributed by atoms with Gasteiger partial charge < -0.3 is 25.0 Å². The molecule has 2 aliphatic heterocycles. The summed E-state index contributed by atoms with van der Waals surface area (Å²) in [6, 6.07) is 8.02. The number of pyridine rings is 1. The molecule has 1 saturated carbocycles. The lowest BCUT2D eigenvalue weighted by molar-refractivity contribution is -0.137. The van der Waals surface area contributed by atoms with Crippen LogP contribution < -0.4 is 20.7 Å². The highest BCUT2D eigenvalue weighted by atomic mass is 32.1. The van der Waals surface area contributed by atoms with Crippen LogP contribution >= 0.6 is 11.3 Å². The van der Waals surface area contributed by atoms with Gasteiger partial charge in [0.05, 0.1) is 6.61 Å². The third kappa shape index (κ3) is 6.75. The Balaban J connectivity index is 1.03. The summed E-state index contributed by atoms with van der Waals surface area (Å²) in [6.45, 7) is 0.619. The van der Waals surface area contributed by atoms with Crippen LogP contribution in [0.4, 0.5) is 5.82 Å². The zero-order valence-corrected chi connectivity index (χ0v) is 25.7. The standard InChI is InChI=1S/C32H30N6O7S/c1-33-29(42)26-30(37-31(46-26)20-11-12-34-24(16-20)35-27(40)19-7-8-19)45-15-14-44-13-3-5-18-4-2-6-21-22(18)17-38(32(21)43)23-9-10-25(39)36-28(23)41/h2,4,6,11-12,16,19,23H,7-10,13-15,17H2,1H3,(H,33,42)(H,34,35,40)(H,36,39,41). The molecule has 46 heavy (non-hydrogen) atoms. The zero-order chi connectivity index (χ0) is 32.2. The molecule has 0 bridgehead atoms. The lowest BCUT2D eigenvalue weighted by Crippen LogP contribution is -2.52. The highest BCUT2D eigenvalue weighted by Gasteiger charge is 2.39. The highest BCUT2D eigenvalue weighted by molar-refractivity contribution is 7.17. The van der Waals surface area contributed by atoms with E-state index in [1.165, 1.54) is 11.9 Å². The molecule has 1 aliphatic carbocycles. The molecule has 2 aromatic heterocycles. The number of carbonyl (C=O) groups excluding carboxylic acids is 5. The normalized spacial score (nSPS) is 17.1. The number of thiazole rings is 1. The van der Waals surface area contributed by atoms with Crippen molar-refractivity contribution in [3.63, 3.8) is 0 Å². The molecule has 3 N–H and O–H groups in total. The van der Waals surface area contributed by atoms with Crippen molar-refractivity contribution in [2.75, 3.05) is 32.2 Å². The fraction of sp³-hybridized carbons (Fsp3) is 0.344. The lowest BCUT2D eigenvalue weighted by Gasteiger charge is -2.29. The SMILES string of the molecule is CNC(=O)c1sc(-c2ccnc(NC(=O)C3CC3)c2)nc1OCCOCC#Cc1cccc2c1CN(C1CCC(=O)NC1=O)C2=O. The molecule has 3 aliphatic rings. The molecule has 1 saturated heterocycles. The molecule has 3 aromatic rings. The number of piperidine rings is 1. The van der Waals surface area contributed by atoms with E-state index in [2.05, 4.69) is 37.8 Å². The van der Waals surface area contributed by atoms with E-state index in [9.17, 15) is 24.0 Å². The number of benzene rings is 1. The van der Waals surface area contributed by atoms with Gasteiger partial charge in [-0.15, -0.1) is 11.3 Å². The van der Waals surface area contributed by atoms with Gasteiger partial charge in [0.15, 0.2) is 4.88 Å². The molecular formula is C32H30N6O7S. The number of ether oxygens (including phenoxy) is 2. The lowest BCUT2D eigenvalue weighted by atomic mass is 10.0. The van der Waals surface area contributed by atoms with Crippen molar-refractivity contribution in [3.05, 3.63) is 58.1 Å². The maximum atomic E-state index is 13.0. The van der Waals surface area contributed by atoms with Crippen molar-refractivity contribution >= 4 is 46.7 Å². The first kappa shape index (κ1) is 30.9. The molecule has 0 radical (unpaired) electrons. The summed E-state index contributed by atoms with van der Waals surface area (Å²) in [5.41, 5.74) is 2.58. The van der Waals surface area contributed by atoms with Gasteiger partial charge in [0.1, 0.15) is 30.1 Å². The third-order valence-corrected chi connectivity index (χ3v) is 8.77. The van der Waals surface area contributed by atoms with Gasteiger partial charge in [-0.1, -0.05) is 17.9 Å². The molecule has 1 aromatic carbocycles. The van der Waals surface area contributed by atoms with Crippen molar-refractivity contribution in [2.24, 2.45) is 5.92 Å². The van der Waals surface area contributed by atoms with E-state index >= 15 is 0 Å². The van der Waals surface area contributed by atoms with Gasteiger partial charge in [-0.3, -0.25) is 29.3 Å². The largest absolute Gasteiger partial charge is 0.474 e. The summed E-state index contributed by atoms with van der Waals surface area (Å²) >= 11 is 1.16. The van der Waals surface area contributed by atoms with Gasteiger partial charge in [-0.05, 0) is 49.1 Å². The molecule has 13 nitrogen and oxygen atoms in total. The van der Waals surface area contributed by atoms with E-state index in [1.54, 1.807) is 30.5 Å². The number of nitrogens with zero attached hydrogens (tertiary/aromatic N) is 3. The number of imide groups is 1. The minimum absolute atomic E-state index is 0.0425. The van der Waals surface area contributed by atoms with Crippen molar-refractivity contribution in [1.82, 2.24) is 25.5 Å². The number of aromatic nitrogens is 2. The van der Waals surface area contributed by atoms with Crippen molar-refractivity contribution in [3.8, 4) is 28.3 Å². The Morgan fingerprint density at radius 1 is 1.15 bits per heavy atom. The number of nitrogens with one attached hydrogen (secondary N) is 3. The van der Waals surface area contributed by atoms with Crippen LogP contribution in [0.2, 0.25) is 0 Å². The zero-order valence-electron chi connectivity index (χ0n) is 24.9. The molecule has 1 unspecified atom stereocenters. The summed E-state index contributed by atoms with van der Waals surface area (Å²) < 4.78 is 11.4. The number of amides is 5. The Hall–Kier alpha value is -5.13. The van der Waals surface area contributed by atoms with Crippen LogP contribution in [0, 0.1) is 17.8 Å². The average Bonchev–Trinajstić information content (AvgIpc) is 3.74. The minimum atomic E-state index is -0.693. The van der Waals surface area contributed by atoms with Crippen LogP contribution in [0.3, 0.4) is 0 Å². The number of fused-ring (bicyclic) bond motifs is 1. The fourth-order valence-electron chi connectivity index (χ4n) is 5.14. The van der Waals surface area contributed by atoms with Crippen LogP contribution in [-0.4, -0.2) is 77.3 Å². The predicted molar refractivity (Wildman–Crippen MR) is 166 cm³/mol. The first-order valence-electron chi connectivity index (χ1n) is 14.8. The van der Waals surface area contributed by atoms with Gasteiger partial charge >= 0.3 is 0 Å². The fourth-order valence-corrected chi connectivity index (χ4v) is 6.10. The molecule has 4 heterocycles.